The number of rotatable bonds is 5. The first-order valence-corrected chi connectivity index (χ1v) is 8.41. The predicted octanol–water partition coefficient (Wildman–Crippen LogP) is 1.88. The smallest absolute Gasteiger partial charge is 0.243 e. The molecule has 1 fully saturated rings. The maximum Gasteiger partial charge on any atom is 0.243 e. The van der Waals surface area contributed by atoms with Crippen LogP contribution in [0.3, 0.4) is 0 Å². The molecular formula is C14H23ClN2O3S. The molecule has 1 aromatic rings. The number of nitrogens with zero attached hydrogens (tertiary/aromatic N) is 1. The molecule has 0 radical (unpaired) electrons. The van der Waals surface area contributed by atoms with E-state index in [-0.39, 0.29) is 18.4 Å². The lowest BCUT2D eigenvalue weighted by atomic mass is 10.1. The van der Waals surface area contributed by atoms with Gasteiger partial charge < -0.3 is 10.1 Å². The van der Waals surface area contributed by atoms with E-state index in [4.69, 9.17) is 4.74 Å². The molecule has 2 rings (SSSR count). The van der Waals surface area contributed by atoms with Crippen molar-refractivity contribution >= 4 is 22.4 Å². The molecule has 1 heterocycles. The van der Waals surface area contributed by atoms with Crippen molar-refractivity contribution in [2.75, 3.05) is 26.7 Å². The van der Waals surface area contributed by atoms with Gasteiger partial charge in [0.15, 0.2) is 0 Å². The van der Waals surface area contributed by atoms with E-state index in [2.05, 4.69) is 5.32 Å². The zero-order valence-electron chi connectivity index (χ0n) is 12.4. The van der Waals surface area contributed by atoms with Gasteiger partial charge in [-0.3, -0.25) is 0 Å². The van der Waals surface area contributed by atoms with Crippen LogP contribution in [0, 0.1) is 0 Å². The minimum atomic E-state index is -3.45. The molecule has 0 amide bonds. The van der Waals surface area contributed by atoms with Crippen molar-refractivity contribution in [1.29, 1.82) is 0 Å². The highest BCUT2D eigenvalue weighted by Gasteiger charge is 2.29. The van der Waals surface area contributed by atoms with Gasteiger partial charge in [-0.1, -0.05) is 6.07 Å². The molecule has 1 saturated heterocycles. The van der Waals surface area contributed by atoms with Crippen molar-refractivity contribution in [3.8, 4) is 5.75 Å². The van der Waals surface area contributed by atoms with Crippen LogP contribution in [0.1, 0.15) is 19.8 Å². The standard InChI is InChI=1S/C14H22N2O3S.ClH/c1-3-19-13-5-4-6-14(11-13)20(17,18)16(2)12-7-9-15-10-8-12;/h4-6,11-12,15H,3,7-10H2,1-2H3;1H. The maximum absolute atomic E-state index is 12.6. The molecule has 0 unspecified atom stereocenters. The van der Waals surface area contributed by atoms with Crippen LogP contribution in [0.2, 0.25) is 0 Å². The Morgan fingerprint density at radius 1 is 1.33 bits per heavy atom. The third kappa shape index (κ3) is 4.32. The van der Waals surface area contributed by atoms with E-state index in [9.17, 15) is 8.42 Å². The van der Waals surface area contributed by atoms with Crippen LogP contribution in [-0.2, 0) is 10.0 Å². The van der Waals surface area contributed by atoms with E-state index in [1.54, 1.807) is 31.3 Å². The van der Waals surface area contributed by atoms with Crippen LogP contribution >= 0.6 is 12.4 Å². The monoisotopic (exact) mass is 334 g/mol. The molecule has 0 aromatic heterocycles. The molecule has 120 valence electrons. The molecular weight excluding hydrogens is 312 g/mol. The fourth-order valence-corrected chi connectivity index (χ4v) is 3.88. The van der Waals surface area contributed by atoms with Gasteiger partial charge in [0.2, 0.25) is 10.0 Å². The lowest BCUT2D eigenvalue weighted by molar-refractivity contribution is 0.296. The summed E-state index contributed by atoms with van der Waals surface area (Å²) < 4.78 is 32.1. The Morgan fingerprint density at radius 3 is 2.62 bits per heavy atom. The van der Waals surface area contributed by atoms with Gasteiger partial charge in [-0.2, -0.15) is 4.31 Å². The Labute approximate surface area is 133 Å². The number of sulfonamides is 1. The predicted molar refractivity (Wildman–Crippen MR) is 85.7 cm³/mol. The molecule has 7 heteroatoms. The zero-order chi connectivity index (χ0) is 14.6. The lowest BCUT2D eigenvalue weighted by Crippen LogP contribution is -2.43. The van der Waals surface area contributed by atoms with Crippen LogP contribution in [0.4, 0.5) is 0 Å². The first-order chi connectivity index (χ1) is 9.55. The van der Waals surface area contributed by atoms with Crippen LogP contribution in [-0.4, -0.2) is 45.5 Å². The summed E-state index contributed by atoms with van der Waals surface area (Å²) in [6.45, 7) is 4.13. The summed E-state index contributed by atoms with van der Waals surface area (Å²) in [7, 11) is -1.79. The largest absolute Gasteiger partial charge is 0.494 e. The van der Waals surface area contributed by atoms with Crippen LogP contribution < -0.4 is 10.1 Å². The fourth-order valence-electron chi connectivity index (χ4n) is 2.42. The number of halogens is 1. The van der Waals surface area contributed by atoms with Gasteiger partial charge in [-0.15, -0.1) is 12.4 Å². The Morgan fingerprint density at radius 2 is 2.00 bits per heavy atom. The number of hydrogen-bond donors (Lipinski definition) is 1. The van der Waals surface area contributed by atoms with Gasteiger partial charge in [-0.25, -0.2) is 8.42 Å². The second-order valence-electron chi connectivity index (χ2n) is 4.91. The molecule has 21 heavy (non-hydrogen) atoms. The van der Waals surface area contributed by atoms with Crippen molar-refractivity contribution in [1.82, 2.24) is 9.62 Å². The minimum absolute atomic E-state index is 0. The van der Waals surface area contributed by atoms with Gasteiger partial charge >= 0.3 is 0 Å². The Bertz CT molecular complexity index is 545. The molecule has 0 aliphatic carbocycles. The minimum Gasteiger partial charge on any atom is -0.494 e. The van der Waals surface area contributed by atoms with Crippen LogP contribution in [0.25, 0.3) is 0 Å². The molecule has 1 aliphatic heterocycles. The number of piperidine rings is 1. The average Bonchev–Trinajstić information content (AvgIpc) is 2.48. The van der Waals surface area contributed by atoms with E-state index in [0.717, 1.165) is 25.9 Å². The summed E-state index contributed by atoms with van der Waals surface area (Å²) in [6, 6.07) is 6.77. The molecule has 0 bridgehead atoms. The normalized spacial score (nSPS) is 16.5. The number of nitrogens with one attached hydrogen (secondary N) is 1. The van der Waals surface area contributed by atoms with E-state index in [1.165, 1.54) is 4.31 Å². The lowest BCUT2D eigenvalue weighted by Gasteiger charge is -2.30. The van der Waals surface area contributed by atoms with Crippen molar-refractivity contribution in [3.05, 3.63) is 24.3 Å². The quantitative estimate of drug-likeness (QED) is 0.893. The number of hydrogen-bond acceptors (Lipinski definition) is 4. The zero-order valence-corrected chi connectivity index (χ0v) is 14.0. The summed E-state index contributed by atoms with van der Waals surface area (Å²) in [5, 5.41) is 3.25. The summed E-state index contributed by atoms with van der Waals surface area (Å²) in [6.07, 6.45) is 1.70. The van der Waals surface area contributed by atoms with Gasteiger partial charge in [0.1, 0.15) is 5.75 Å². The van der Waals surface area contributed by atoms with Gasteiger partial charge in [0, 0.05) is 19.2 Å². The van der Waals surface area contributed by atoms with Crippen molar-refractivity contribution in [2.45, 2.75) is 30.7 Å². The molecule has 0 saturated carbocycles. The maximum atomic E-state index is 12.6. The Balaban J connectivity index is 0.00000220. The summed E-state index contributed by atoms with van der Waals surface area (Å²) >= 11 is 0. The van der Waals surface area contributed by atoms with Gasteiger partial charge in [0.05, 0.1) is 11.5 Å². The van der Waals surface area contributed by atoms with Crippen molar-refractivity contribution < 1.29 is 13.2 Å². The first-order valence-electron chi connectivity index (χ1n) is 6.97. The topological polar surface area (TPSA) is 58.6 Å². The molecule has 5 nitrogen and oxygen atoms in total. The summed E-state index contributed by atoms with van der Waals surface area (Å²) in [5.74, 6) is 0.590. The highest BCUT2D eigenvalue weighted by Crippen LogP contribution is 2.23. The number of benzene rings is 1. The fraction of sp³-hybridized carbons (Fsp3) is 0.571. The van der Waals surface area contributed by atoms with E-state index in [1.807, 2.05) is 6.92 Å². The van der Waals surface area contributed by atoms with E-state index in [0.29, 0.717) is 17.3 Å². The molecule has 0 atom stereocenters. The van der Waals surface area contributed by atoms with Crippen LogP contribution in [0.5, 0.6) is 5.75 Å². The summed E-state index contributed by atoms with van der Waals surface area (Å²) in [5.41, 5.74) is 0. The molecule has 1 N–H and O–H groups in total. The van der Waals surface area contributed by atoms with Crippen molar-refractivity contribution in [3.63, 3.8) is 0 Å². The second-order valence-corrected chi connectivity index (χ2v) is 6.91. The first kappa shape index (κ1) is 18.2. The summed E-state index contributed by atoms with van der Waals surface area (Å²) in [4.78, 5) is 0.296. The number of ether oxygens (including phenoxy) is 1. The molecule has 1 aromatic carbocycles. The second kappa shape index (κ2) is 7.98. The highest BCUT2D eigenvalue weighted by atomic mass is 35.5. The van der Waals surface area contributed by atoms with Gasteiger partial charge in [0.25, 0.3) is 0 Å². The molecule has 0 spiro atoms. The van der Waals surface area contributed by atoms with Crippen LogP contribution in [0.15, 0.2) is 29.2 Å². The highest BCUT2D eigenvalue weighted by molar-refractivity contribution is 7.89. The Hall–Kier alpha value is -0.820. The van der Waals surface area contributed by atoms with E-state index < -0.39 is 10.0 Å². The third-order valence-corrected chi connectivity index (χ3v) is 5.52. The molecule has 1 aliphatic rings. The third-order valence-electron chi connectivity index (χ3n) is 3.62. The van der Waals surface area contributed by atoms with Crippen molar-refractivity contribution in [2.24, 2.45) is 0 Å². The SMILES string of the molecule is CCOc1cccc(S(=O)(=O)N(C)C2CCNCC2)c1.Cl. The van der Waals surface area contributed by atoms with E-state index >= 15 is 0 Å². The van der Waals surface area contributed by atoms with Gasteiger partial charge in [-0.05, 0) is 45.0 Å². The Kier molecular flexibility index (Phi) is 6.93. The average molecular weight is 335 g/mol.